The maximum atomic E-state index is 10.8. The number of carbonyl (C=O) groups is 2. The normalized spacial score (nSPS) is 14.8. The minimum atomic E-state index is -0.264. The summed E-state index contributed by atoms with van der Waals surface area (Å²) < 4.78 is 10.0. The third kappa shape index (κ3) is 8.79. The molecule has 0 bridgehead atoms. The molecule has 0 spiro atoms. The molecule has 0 fully saturated rings. The van der Waals surface area contributed by atoms with Gasteiger partial charge in [-0.3, -0.25) is 9.59 Å². The molecule has 0 radical (unpaired) electrons. The molecule has 0 aliphatic carbocycles. The van der Waals surface area contributed by atoms with Gasteiger partial charge < -0.3 is 9.47 Å². The summed E-state index contributed by atoms with van der Waals surface area (Å²) in [5.41, 5.74) is 1.04. The van der Waals surface area contributed by atoms with Gasteiger partial charge in [0.05, 0.1) is 0 Å². The van der Waals surface area contributed by atoms with Crippen LogP contribution in [0.5, 0.6) is 0 Å². The quantitative estimate of drug-likeness (QED) is 0.519. The average molecular weight is 256 g/mol. The van der Waals surface area contributed by atoms with Crippen LogP contribution in [-0.2, 0) is 19.1 Å². The number of esters is 2. The minimum Gasteiger partial charge on any atom is -0.463 e. The Morgan fingerprint density at radius 2 is 1.72 bits per heavy atom. The lowest BCUT2D eigenvalue weighted by atomic mass is 9.99. The number of rotatable bonds is 7. The van der Waals surface area contributed by atoms with Crippen molar-refractivity contribution in [2.75, 3.05) is 6.61 Å². The number of ether oxygens (including phenoxy) is 2. The van der Waals surface area contributed by atoms with Crippen molar-refractivity contribution in [1.82, 2.24) is 0 Å². The number of carbonyl (C=O) groups excluding carboxylic acids is 2. The standard InChI is InChI=1S/C14H24O4/c1-10(9-17-13(4)15)7-6-8-11(2)12(3)18-14(5)16/h7,11-12H,6,8-9H2,1-5H3/b10-7+. The van der Waals surface area contributed by atoms with E-state index in [1.165, 1.54) is 13.8 Å². The van der Waals surface area contributed by atoms with Crippen LogP contribution < -0.4 is 0 Å². The van der Waals surface area contributed by atoms with Gasteiger partial charge in [0.1, 0.15) is 12.7 Å². The molecule has 0 aromatic heterocycles. The third-order valence-electron chi connectivity index (χ3n) is 2.77. The zero-order valence-corrected chi connectivity index (χ0v) is 12.0. The van der Waals surface area contributed by atoms with Crippen molar-refractivity contribution in [3.05, 3.63) is 11.6 Å². The van der Waals surface area contributed by atoms with Crippen molar-refractivity contribution in [2.24, 2.45) is 5.92 Å². The van der Waals surface area contributed by atoms with E-state index in [-0.39, 0.29) is 18.0 Å². The monoisotopic (exact) mass is 256 g/mol. The van der Waals surface area contributed by atoms with Crippen LogP contribution in [0.2, 0.25) is 0 Å². The Kier molecular flexibility index (Phi) is 8.08. The summed E-state index contributed by atoms with van der Waals surface area (Å²) in [6.45, 7) is 9.07. The van der Waals surface area contributed by atoms with E-state index >= 15 is 0 Å². The first kappa shape index (κ1) is 16.7. The van der Waals surface area contributed by atoms with Crippen molar-refractivity contribution >= 4 is 11.9 Å². The molecular weight excluding hydrogens is 232 g/mol. The Morgan fingerprint density at radius 1 is 1.11 bits per heavy atom. The number of allylic oxidation sites excluding steroid dienone is 1. The van der Waals surface area contributed by atoms with Gasteiger partial charge in [0.25, 0.3) is 0 Å². The van der Waals surface area contributed by atoms with Crippen molar-refractivity contribution in [3.63, 3.8) is 0 Å². The summed E-state index contributed by atoms with van der Waals surface area (Å²) in [5.74, 6) is -0.192. The van der Waals surface area contributed by atoms with Gasteiger partial charge >= 0.3 is 11.9 Å². The van der Waals surface area contributed by atoms with Gasteiger partial charge in [-0.2, -0.15) is 0 Å². The van der Waals surface area contributed by atoms with Crippen molar-refractivity contribution in [2.45, 2.75) is 53.6 Å². The first-order valence-electron chi connectivity index (χ1n) is 6.29. The third-order valence-corrected chi connectivity index (χ3v) is 2.77. The highest BCUT2D eigenvalue weighted by Gasteiger charge is 2.13. The van der Waals surface area contributed by atoms with Crippen LogP contribution in [0.3, 0.4) is 0 Å². The molecule has 0 N–H and O–H groups in total. The van der Waals surface area contributed by atoms with Crippen molar-refractivity contribution < 1.29 is 19.1 Å². The topological polar surface area (TPSA) is 52.6 Å². The Bertz CT molecular complexity index is 307. The predicted molar refractivity (Wildman–Crippen MR) is 70.0 cm³/mol. The maximum absolute atomic E-state index is 10.8. The lowest BCUT2D eigenvalue weighted by Crippen LogP contribution is -2.20. The van der Waals surface area contributed by atoms with E-state index in [9.17, 15) is 9.59 Å². The van der Waals surface area contributed by atoms with Gasteiger partial charge in [-0.15, -0.1) is 0 Å². The highest BCUT2D eigenvalue weighted by Crippen LogP contribution is 2.15. The van der Waals surface area contributed by atoms with E-state index < -0.39 is 0 Å². The van der Waals surface area contributed by atoms with Gasteiger partial charge in [0, 0.05) is 13.8 Å². The van der Waals surface area contributed by atoms with E-state index in [0.717, 1.165) is 18.4 Å². The first-order chi connectivity index (χ1) is 8.32. The van der Waals surface area contributed by atoms with Crippen LogP contribution in [0.15, 0.2) is 11.6 Å². The van der Waals surface area contributed by atoms with Gasteiger partial charge in [-0.1, -0.05) is 13.0 Å². The van der Waals surface area contributed by atoms with E-state index in [2.05, 4.69) is 13.0 Å². The molecule has 0 amide bonds. The summed E-state index contributed by atoms with van der Waals surface area (Å²) in [4.78, 5) is 21.4. The lowest BCUT2D eigenvalue weighted by Gasteiger charge is -2.19. The molecular formula is C14H24O4. The molecule has 4 nitrogen and oxygen atoms in total. The highest BCUT2D eigenvalue weighted by atomic mass is 16.5. The Hall–Kier alpha value is -1.32. The molecule has 18 heavy (non-hydrogen) atoms. The molecule has 104 valence electrons. The molecule has 0 aromatic rings. The van der Waals surface area contributed by atoms with Crippen molar-refractivity contribution in [3.8, 4) is 0 Å². The summed E-state index contributed by atoms with van der Waals surface area (Å²) in [7, 11) is 0. The van der Waals surface area contributed by atoms with Crippen LogP contribution in [0.25, 0.3) is 0 Å². The largest absolute Gasteiger partial charge is 0.463 e. The Labute approximate surface area is 109 Å². The Morgan fingerprint density at radius 3 is 2.22 bits per heavy atom. The molecule has 0 aliphatic heterocycles. The van der Waals surface area contributed by atoms with Crippen LogP contribution >= 0.6 is 0 Å². The maximum Gasteiger partial charge on any atom is 0.302 e. The minimum absolute atomic E-state index is 0.0651. The van der Waals surface area contributed by atoms with Crippen LogP contribution in [-0.4, -0.2) is 24.6 Å². The summed E-state index contributed by atoms with van der Waals surface area (Å²) in [5, 5.41) is 0. The molecule has 0 heterocycles. The van der Waals surface area contributed by atoms with Crippen LogP contribution in [0.1, 0.15) is 47.5 Å². The van der Waals surface area contributed by atoms with Crippen molar-refractivity contribution in [1.29, 1.82) is 0 Å². The lowest BCUT2D eigenvalue weighted by molar-refractivity contribution is -0.147. The second-order valence-electron chi connectivity index (χ2n) is 4.70. The van der Waals surface area contributed by atoms with Gasteiger partial charge in [0.2, 0.25) is 0 Å². The zero-order valence-electron chi connectivity index (χ0n) is 12.0. The van der Waals surface area contributed by atoms with Gasteiger partial charge in [-0.25, -0.2) is 0 Å². The van der Waals surface area contributed by atoms with Gasteiger partial charge in [-0.05, 0) is 38.2 Å². The molecule has 4 heteroatoms. The highest BCUT2D eigenvalue weighted by molar-refractivity contribution is 5.66. The molecule has 2 unspecified atom stereocenters. The average Bonchev–Trinajstić information content (AvgIpc) is 2.25. The molecule has 0 saturated heterocycles. The second-order valence-corrected chi connectivity index (χ2v) is 4.70. The number of hydrogen-bond acceptors (Lipinski definition) is 4. The fourth-order valence-electron chi connectivity index (χ4n) is 1.48. The molecule has 0 aromatic carbocycles. The fourth-order valence-corrected chi connectivity index (χ4v) is 1.48. The van der Waals surface area contributed by atoms with E-state index in [1.807, 2.05) is 13.8 Å². The molecule has 0 rings (SSSR count). The summed E-state index contributed by atoms with van der Waals surface area (Å²) >= 11 is 0. The predicted octanol–water partition coefficient (Wildman–Crippen LogP) is 2.86. The van der Waals surface area contributed by atoms with Crippen LogP contribution in [0, 0.1) is 5.92 Å². The SMILES string of the molecule is CC(=O)OC/C(C)=C/CCC(C)C(C)OC(C)=O. The Balaban J connectivity index is 3.90. The second kappa shape index (κ2) is 8.72. The first-order valence-corrected chi connectivity index (χ1v) is 6.29. The van der Waals surface area contributed by atoms with Gasteiger partial charge in [0.15, 0.2) is 0 Å². The number of hydrogen-bond donors (Lipinski definition) is 0. The smallest absolute Gasteiger partial charge is 0.302 e. The summed E-state index contributed by atoms with van der Waals surface area (Å²) in [6, 6.07) is 0. The molecule has 0 aliphatic rings. The zero-order chi connectivity index (χ0) is 14.1. The van der Waals surface area contributed by atoms with E-state index in [0.29, 0.717) is 12.5 Å². The van der Waals surface area contributed by atoms with E-state index in [1.54, 1.807) is 0 Å². The summed E-state index contributed by atoms with van der Waals surface area (Å²) in [6.07, 6.45) is 3.82. The fraction of sp³-hybridized carbons (Fsp3) is 0.714. The van der Waals surface area contributed by atoms with E-state index in [4.69, 9.17) is 9.47 Å². The molecule has 0 saturated carbocycles. The van der Waals surface area contributed by atoms with Crippen LogP contribution in [0.4, 0.5) is 0 Å². The molecule has 2 atom stereocenters.